The lowest BCUT2D eigenvalue weighted by molar-refractivity contribution is -0.116. The number of amides is 1. The van der Waals surface area contributed by atoms with Crippen LogP contribution in [0.4, 0.5) is 11.4 Å². The minimum atomic E-state index is -3.84. The standard InChI is InChI=1S/C23H27N3O5S/c1-5-26(18-9-7-6-8-10-18)32(28,29)19-11-13-22(30-4)21(15-19)24-23(27)14-12-20-16(2)25-31-17(20)3/h6-11,13,15H,5,12,14H2,1-4H3,(H,24,27). The number of rotatable bonds is 9. The van der Waals surface area contributed by atoms with Gasteiger partial charge in [0.25, 0.3) is 10.0 Å². The predicted octanol–water partition coefficient (Wildman–Crippen LogP) is 4.09. The van der Waals surface area contributed by atoms with Crippen LogP contribution in [-0.2, 0) is 21.2 Å². The number of methoxy groups -OCH3 is 1. The number of benzene rings is 2. The molecule has 0 saturated heterocycles. The summed E-state index contributed by atoms with van der Waals surface area (Å²) in [4.78, 5) is 12.7. The smallest absolute Gasteiger partial charge is 0.264 e. The Morgan fingerprint density at radius 1 is 1.16 bits per heavy atom. The van der Waals surface area contributed by atoms with E-state index < -0.39 is 10.0 Å². The van der Waals surface area contributed by atoms with Crippen LogP contribution in [-0.4, -0.2) is 33.1 Å². The lowest BCUT2D eigenvalue weighted by Crippen LogP contribution is -2.30. The molecule has 170 valence electrons. The summed E-state index contributed by atoms with van der Waals surface area (Å²) in [5.41, 5.74) is 2.50. The van der Waals surface area contributed by atoms with Crippen molar-refractivity contribution in [1.82, 2.24) is 5.16 Å². The lowest BCUT2D eigenvalue weighted by atomic mass is 10.1. The van der Waals surface area contributed by atoms with Gasteiger partial charge in [0.15, 0.2) is 0 Å². The first kappa shape index (κ1) is 23.3. The van der Waals surface area contributed by atoms with E-state index in [1.165, 1.54) is 29.6 Å². The van der Waals surface area contributed by atoms with Gasteiger partial charge in [-0.05, 0) is 57.5 Å². The number of nitrogens with one attached hydrogen (secondary N) is 1. The summed E-state index contributed by atoms with van der Waals surface area (Å²) in [5, 5.41) is 6.67. The molecule has 1 amide bonds. The first-order chi connectivity index (χ1) is 15.3. The Hall–Kier alpha value is -3.33. The van der Waals surface area contributed by atoms with E-state index in [-0.39, 0.29) is 23.8 Å². The van der Waals surface area contributed by atoms with Gasteiger partial charge in [-0.15, -0.1) is 0 Å². The molecule has 3 rings (SSSR count). The molecule has 0 aliphatic heterocycles. The van der Waals surface area contributed by atoms with E-state index in [2.05, 4.69) is 10.5 Å². The second-order valence-corrected chi connectivity index (χ2v) is 9.08. The zero-order valence-corrected chi connectivity index (χ0v) is 19.4. The fourth-order valence-electron chi connectivity index (χ4n) is 3.47. The molecule has 32 heavy (non-hydrogen) atoms. The van der Waals surface area contributed by atoms with E-state index in [0.717, 1.165) is 11.3 Å². The van der Waals surface area contributed by atoms with Gasteiger partial charge < -0.3 is 14.6 Å². The highest BCUT2D eigenvalue weighted by Gasteiger charge is 2.25. The van der Waals surface area contributed by atoms with E-state index in [1.807, 2.05) is 13.0 Å². The molecule has 0 atom stereocenters. The number of aromatic nitrogens is 1. The normalized spacial score (nSPS) is 11.2. The highest BCUT2D eigenvalue weighted by Crippen LogP contribution is 2.31. The minimum absolute atomic E-state index is 0.0602. The van der Waals surface area contributed by atoms with Crippen LogP contribution < -0.4 is 14.4 Å². The summed E-state index contributed by atoms with van der Waals surface area (Å²) < 4.78 is 38.4. The van der Waals surface area contributed by atoms with Crippen LogP contribution in [0.1, 0.15) is 30.4 Å². The van der Waals surface area contributed by atoms with Gasteiger partial charge in [-0.2, -0.15) is 0 Å². The van der Waals surface area contributed by atoms with Gasteiger partial charge in [0, 0.05) is 18.5 Å². The third-order valence-electron chi connectivity index (χ3n) is 5.15. The fourth-order valence-corrected chi connectivity index (χ4v) is 4.97. The summed E-state index contributed by atoms with van der Waals surface area (Å²) in [5.74, 6) is 0.784. The Morgan fingerprint density at radius 3 is 2.47 bits per heavy atom. The summed E-state index contributed by atoms with van der Waals surface area (Å²) in [6.07, 6.45) is 0.652. The van der Waals surface area contributed by atoms with Gasteiger partial charge in [-0.1, -0.05) is 23.4 Å². The van der Waals surface area contributed by atoms with Gasteiger partial charge in [0.2, 0.25) is 5.91 Å². The van der Waals surface area contributed by atoms with Crippen LogP contribution in [0.15, 0.2) is 57.9 Å². The van der Waals surface area contributed by atoms with Crippen LogP contribution in [0.25, 0.3) is 0 Å². The molecule has 1 aromatic heterocycles. The van der Waals surface area contributed by atoms with Crippen molar-refractivity contribution in [2.75, 3.05) is 23.3 Å². The minimum Gasteiger partial charge on any atom is -0.495 e. The Bertz CT molecular complexity index is 1170. The highest BCUT2D eigenvalue weighted by molar-refractivity contribution is 7.92. The molecule has 0 aliphatic carbocycles. The average molecular weight is 458 g/mol. The molecule has 8 nitrogen and oxygen atoms in total. The maximum atomic E-state index is 13.3. The van der Waals surface area contributed by atoms with Crippen molar-refractivity contribution >= 4 is 27.3 Å². The topological polar surface area (TPSA) is 102 Å². The number of carbonyl (C=O) groups is 1. The molecule has 0 aliphatic rings. The molecule has 0 saturated carbocycles. The third-order valence-corrected chi connectivity index (χ3v) is 7.05. The van der Waals surface area contributed by atoms with E-state index in [4.69, 9.17) is 9.26 Å². The van der Waals surface area contributed by atoms with Gasteiger partial charge >= 0.3 is 0 Å². The maximum Gasteiger partial charge on any atom is 0.264 e. The highest BCUT2D eigenvalue weighted by atomic mass is 32.2. The van der Waals surface area contributed by atoms with Crippen molar-refractivity contribution < 1.29 is 22.5 Å². The second kappa shape index (κ2) is 9.86. The van der Waals surface area contributed by atoms with E-state index in [1.54, 1.807) is 38.1 Å². The zero-order chi connectivity index (χ0) is 23.3. The van der Waals surface area contributed by atoms with Gasteiger partial charge in [-0.25, -0.2) is 8.42 Å². The number of hydrogen-bond donors (Lipinski definition) is 1. The van der Waals surface area contributed by atoms with Crippen molar-refractivity contribution in [1.29, 1.82) is 0 Å². The van der Waals surface area contributed by atoms with Gasteiger partial charge in [-0.3, -0.25) is 9.10 Å². The second-order valence-electron chi connectivity index (χ2n) is 7.22. The number of para-hydroxylation sites is 1. The molecule has 0 fully saturated rings. The molecule has 0 spiro atoms. The number of sulfonamides is 1. The summed E-state index contributed by atoms with van der Waals surface area (Å²) >= 11 is 0. The number of carbonyl (C=O) groups excluding carboxylic acids is 1. The molecule has 1 N–H and O–H groups in total. The van der Waals surface area contributed by atoms with E-state index in [0.29, 0.717) is 29.3 Å². The summed E-state index contributed by atoms with van der Waals surface area (Å²) in [6.45, 7) is 5.66. The Kier molecular flexibility index (Phi) is 7.19. The summed E-state index contributed by atoms with van der Waals surface area (Å²) in [6, 6.07) is 13.3. The average Bonchev–Trinajstić information content (AvgIpc) is 3.10. The molecule has 3 aromatic rings. The molecule has 9 heteroatoms. The SMILES string of the molecule is CCN(c1ccccc1)S(=O)(=O)c1ccc(OC)c(NC(=O)CCc2c(C)noc2C)c1. The van der Waals surface area contributed by atoms with Crippen molar-refractivity contribution in [3.05, 3.63) is 65.5 Å². The van der Waals surface area contributed by atoms with Crippen molar-refractivity contribution in [3.8, 4) is 5.75 Å². The molecule has 0 unspecified atom stereocenters. The molecular formula is C23H27N3O5S. The third kappa shape index (κ3) is 4.94. The lowest BCUT2D eigenvalue weighted by Gasteiger charge is -2.23. The zero-order valence-electron chi connectivity index (χ0n) is 18.6. The van der Waals surface area contributed by atoms with Crippen molar-refractivity contribution in [3.63, 3.8) is 0 Å². The van der Waals surface area contributed by atoms with Crippen molar-refractivity contribution in [2.24, 2.45) is 0 Å². The van der Waals surface area contributed by atoms with Crippen LogP contribution in [0.5, 0.6) is 5.75 Å². The van der Waals surface area contributed by atoms with Gasteiger partial charge in [0.05, 0.1) is 29.1 Å². The molecule has 0 bridgehead atoms. The number of anilines is 2. The van der Waals surface area contributed by atoms with Crippen LogP contribution in [0.3, 0.4) is 0 Å². The largest absolute Gasteiger partial charge is 0.495 e. The van der Waals surface area contributed by atoms with E-state index >= 15 is 0 Å². The molecule has 1 heterocycles. The van der Waals surface area contributed by atoms with Crippen LogP contribution >= 0.6 is 0 Å². The number of aryl methyl sites for hydroxylation is 2. The maximum absolute atomic E-state index is 13.3. The number of ether oxygens (including phenoxy) is 1. The quantitative estimate of drug-likeness (QED) is 0.519. The predicted molar refractivity (Wildman–Crippen MR) is 123 cm³/mol. The van der Waals surface area contributed by atoms with Crippen LogP contribution in [0, 0.1) is 13.8 Å². The molecule has 2 aromatic carbocycles. The molecule has 0 radical (unpaired) electrons. The molecular weight excluding hydrogens is 430 g/mol. The Labute approximate surface area is 188 Å². The monoisotopic (exact) mass is 457 g/mol. The van der Waals surface area contributed by atoms with Crippen molar-refractivity contribution in [2.45, 2.75) is 38.5 Å². The summed E-state index contributed by atoms with van der Waals surface area (Å²) in [7, 11) is -2.38. The van der Waals surface area contributed by atoms with E-state index in [9.17, 15) is 13.2 Å². The Balaban J connectivity index is 1.84. The first-order valence-corrected chi connectivity index (χ1v) is 11.7. The Morgan fingerprint density at radius 2 is 1.88 bits per heavy atom. The first-order valence-electron chi connectivity index (χ1n) is 10.2. The number of nitrogens with zero attached hydrogens (tertiary/aromatic N) is 2. The fraction of sp³-hybridized carbons (Fsp3) is 0.304. The van der Waals surface area contributed by atoms with Gasteiger partial charge in [0.1, 0.15) is 11.5 Å². The number of hydrogen-bond acceptors (Lipinski definition) is 6. The van der Waals surface area contributed by atoms with Crippen LogP contribution in [0.2, 0.25) is 0 Å².